The van der Waals surface area contributed by atoms with Gasteiger partial charge in [0.15, 0.2) is 0 Å². The van der Waals surface area contributed by atoms with E-state index in [9.17, 15) is 29.6 Å². The lowest BCUT2D eigenvalue weighted by molar-refractivity contribution is -0.231. The van der Waals surface area contributed by atoms with Crippen LogP contribution in [0.25, 0.3) is 10.4 Å². The van der Waals surface area contributed by atoms with Gasteiger partial charge in [-0.15, -0.1) is 11.3 Å². The van der Waals surface area contributed by atoms with E-state index in [0.717, 1.165) is 32.0 Å². The van der Waals surface area contributed by atoms with Crippen molar-refractivity contribution in [3.8, 4) is 10.4 Å². The number of thiophene rings is 1. The highest BCUT2D eigenvalue weighted by atomic mass is 32.1. The Kier molecular flexibility index (Phi) is 11.2. The molecule has 0 unspecified atom stereocenters. The van der Waals surface area contributed by atoms with E-state index in [0.29, 0.717) is 18.4 Å². The van der Waals surface area contributed by atoms with Crippen molar-refractivity contribution in [1.82, 2.24) is 0 Å². The van der Waals surface area contributed by atoms with Crippen LogP contribution in [0.4, 0.5) is 4.39 Å². The first-order valence-corrected chi connectivity index (χ1v) is 14.7. The van der Waals surface area contributed by atoms with Gasteiger partial charge in [0.2, 0.25) is 0 Å². The Labute approximate surface area is 253 Å². The third kappa shape index (κ3) is 8.33. The van der Waals surface area contributed by atoms with Gasteiger partial charge >= 0.3 is 5.97 Å². The molecule has 0 radical (unpaired) electrons. The fraction of sp³-hybridized carbons (Fsp3) is 0.303. The standard InChI is InChI=1S/C24H25FO5S.C9H11NO2/c1-13-2-3-15(24-23(29)22(28)21(27)19(12-26)30-24)10-16(13)11-18-8-9-20(31-18)14-4-6-17(25)7-5-14;10-8(9(11)12)6-7-4-2-1-3-5-7/h2-10,19,21-24,26-29H,11-12H2,1H3;1-5,8H,6,10H2,(H,11,12)/t19-,21-,22+,23-,24+;8-/m10/s1. The van der Waals surface area contributed by atoms with Crippen molar-refractivity contribution in [3.05, 3.63) is 118 Å². The summed E-state index contributed by atoms with van der Waals surface area (Å²) in [6, 6.07) is 24.7. The molecule has 0 spiro atoms. The average Bonchev–Trinajstić information content (AvgIpc) is 3.47. The Bertz CT molecular complexity index is 1480. The third-order valence-corrected chi connectivity index (χ3v) is 8.50. The van der Waals surface area contributed by atoms with E-state index in [-0.39, 0.29) is 5.82 Å². The van der Waals surface area contributed by atoms with E-state index in [2.05, 4.69) is 0 Å². The molecule has 0 aliphatic carbocycles. The molecular formula is C33H36FNO7S. The summed E-state index contributed by atoms with van der Waals surface area (Å²) in [5, 5.41) is 48.5. The van der Waals surface area contributed by atoms with Crippen LogP contribution in [0.15, 0.2) is 84.9 Å². The average molecular weight is 610 g/mol. The van der Waals surface area contributed by atoms with Crippen LogP contribution in [-0.4, -0.2) is 68.6 Å². The van der Waals surface area contributed by atoms with Gasteiger partial charge < -0.3 is 36.0 Å². The number of aliphatic hydroxyl groups is 4. The summed E-state index contributed by atoms with van der Waals surface area (Å²) in [7, 11) is 0. The number of benzene rings is 3. The lowest BCUT2D eigenvalue weighted by Crippen LogP contribution is -2.55. The molecule has 228 valence electrons. The Hall–Kier alpha value is -3.48. The summed E-state index contributed by atoms with van der Waals surface area (Å²) in [5.41, 5.74) is 10.1. The van der Waals surface area contributed by atoms with Crippen LogP contribution in [-0.2, 0) is 22.4 Å². The topological polar surface area (TPSA) is 153 Å². The number of ether oxygens (including phenoxy) is 1. The lowest BCUT2D eigenvalue weighted by Gasteiger charge is -2.40. The summed E-state index contributed by atoms with van der Waals surface area (Å²) in [6.45, 7) is 1.54. The van der Waals surface area contributed by atoms with Crippen LogP contribution in [0.1, 0.15) is 33.2 Å². The van der Waals surface area contributed by atoms with Crippen LogP contribution in [0.3, 0.4) is 0 Å². The van der Waals surface area contributed by atoms with E-state index in [1.165, 1.54) is 12.1 Å². The highest BCUT2D eigenvalue weighted by Crippen LogP contribution is 2.35. The fourth-order valence-corrected chi connectivity index (χ4v) is 5.86. The van der Waals surface area contributed by atoms with Crippen molar-refractivity contribution in [2.45, 2.75) is 56.3 Å². The molecule has 1 saturated heterocycles. The Morgan fingerprint density at radius 1 is 0.953 bits per heavy atom. The Balaban J connectivity index is 0.000000296. The van der Waals surface area contributed by atoms with Crippen molar-refractivity contribution in [2.24, 2.45) is 5.73 Å². The molecule has 2 heterocycles. The van der Waals surface area contributed by atoms with Gasteiger partial charge in [-0.25, -0.2) is 4.39 Å². The number of hydrogen-bond acceptors (Lipinski definition) is 8. The number of carbonyl (C=O) groups is 1. The van der Waals surface area contributed by atoms with Gasteiger partial charge in [-0.3, -0.25) is 4.79 Å². The molecule has 0 amide bonds. The van der Waals surface area contributed by atoms with Gasteiger partial charge in [-0.05, 0) is 65.4 Å². The molecule has 0 bridgehead atoms. The number of aliphatic hydroxyl groups excluding tert-OH is 4. The first kappa shape index (κ1) is 32.4. The van der Waals surface area contributed by atoms with E-state index in [1.807, 2.05) is 67.6 Å². The molecule has 6 atom stereocenters. The molecule has 8 nitrogen and oxygen atoms in total. The zero-order valence-electron chi connectivity index (χ0n) is 23.6. The van der Waals surface area contributed by atoms with Gasteiger partial charge in [0.05, 0.1) is 6.61 Å². The summed E-state index contributed by atoms with van der Waals surface area (Å²) < 4.78 is 18.9. The molecule has 10 heteroatoms. The maximum atomic E-state index is 13.2. The smallest absolute Gasteiger partial charge is 0.320 e. The molecule has 43 heavy (non-hydrogen) atoms. The van der Waals surface area contributed by atoms with E-state index < -0.39 is 49.1 Å². The number of halogens is 1. The number of nitrogens with two attached hydrogens (primary N) is 1. The highest BCUT2D eigenvalue weighted by molar-refractivity contribution is 7.15. The minimum Gasteiger partial charge on any atom is -0.480 e. The number of carboxylic acid groups (broad SMARTS) is 1. The molecular weight excluding hydrogens is 573 g/mol. The molecule has 3 aromatic carbocycles. The van der Waals surface area contributed by atoms with Gasteiger partial charge in [0, 0.05) is 16.2 Å². The van der Waals surface area contributed by atoms with Crippen LogP contribution >= 0.6 is 11.3 Å². The van der Waals surface area contributed by atoms with Crippen molar-refractivity contribution < 1.29 is 39.5 Å². The second-order valence-corrected chi connectivity index (χ2v) is 11.7. The maximum absolute atomic E-state index is 13.2. The van der Waals surface area contributed by atoms with Crippen molar-refractivity contribution >= 4 is 17.3 Å². The molecule has 1 fully saturated rings. The largest absolute Gasteiger partial charge is 0.480 e. The summed E-state index contributed by atoms with van der Waals surface area (Å²) in [6.07, 6.45) is -4.83. The zero-order valence-corrected chi connectivity index (χ0v) is 24.4. The number of rotatable bonds is 8. The minimum atomic E-state index is -1.41. The number of hydrogen-bond donors (Lipinski definition) is 6. The second kappa shape index (κ2) is 14.8. The molecule has 1 aromatic heterocycles. The molecule has 4 aromatic rings. The Morgan fingerprint density at radius 2 is 1.65 bits per heavy atom. The van der Waals surface area contributed by atoms with E-state index in [4.69, 9.17) is 15.6 Å². The zero-order chi connectivity index (χ0) is 31.1. The number of carboxylic acids is 1. The maximum Gasteiger partial charge on any atom is 0.320 e. The Morgan fingerprint density at radius 3 is 2.30 bits per heavy atom. The molecule has 5 rings (SSSR count). The summed E-state index contributed by atoms with van der Waals surface area (Å²) in [5.74, 6) is -1.22. The van der Waals surface area contributed by atoms with Crippen molar-refractivity contribution in [3.63, 3.8) is 0 Å². The van der Waals surface area contributed by atoms with Crippen LogP contribution in [0, 0.1) is 12.7 Å². The highest BCUT2D eigenvalue weighted by Gasteiger charge is 2.44. The van der Waals surface area contributed by atoms with Gasteiger partial charge in [-0.1, -0.05) is 60.7 Å². The van der Waals surface area contributed by atoms with E-state index >= 15 is 0 Å². The summed E-state index contributed by atoms with van der Waals surface area (Å²) in [4.78, 5) is 12.6. The van der Waals surface area contributed by atoms with Crippen LogP contribution in [0.5, 0.6) is 0 Å². The van der Waals surface area contributed by atoms with Crippen molar-refractivity contribution in [1.29, 1.82) is 0 Å². The van der Waals surface area contributed by atoms with E-state index in [1.54, 1.807) is 23.5 Å². The molecule has 0 saturated carbocycles. The van der Waals surface area contributed by atoms with Crippen LogP contribution < -0.4 is 5.73 Å². The first-order chi connectivity index (χ1) is 20.6. The normalized spacial score (nSPS) is 22.3. The fourth-order valence-electron chi connectivity index (χ4n) is 4.82. The second-order valence-electron chi connectivity index (χ2n) is 10.5. The third-order valence-electron chi connectivity index (χ3n) is 7.36. The predicted molar refractivity (Wildman–Crippen MR) is 162 cm³/mol. The number of aryl methyl sites for hydroxylation is 1. The van der Waals surface area contributed by atoms with Crippen LogP contribution in [0.2, 0.25) is 0 Å². The minimum absolute atomic E-state index is 0.263. The molecule has 1 aliphatic heterocycles. The lowest BCUT2D eigenvalue weighted by atomic mass is 9.89. The number of aliphatic carboxylic acids is 1. The summed E-state index contributed by atoms with van der Waals surface area (Å²) >= 11 is 1.63. The molecule has 1 aliphatic rings. The molecule has 7 N–H and O–H groups in total. The van der Waals surface area contributed by atoms with Crippen molar-refractivity contribution in [2.75, 3.05) is 6.61 Å². The monoisotopic (exact) mass is 609 g/mol. The van der Waals surface area contributed by atoms with Gasteiger partial charge in [0.1, 0.15) is 42.4 Å². The predicted octanol–water partition coefficient (Wildman–Crippen LogP) is 3.61. The quantitative estimate of drug-likeness (QED) is 0.177. The SMILES string of the molecule is Cc1ccc([C@@H]2O[C@H](CO)[C@@H](O)[C@H](O)[C@H]2O)cc1Cc1ccc(-c2ccc(F)cc2)s1.N[C@@H](Cc1ccccc1)C(=O)O. The first-order valence-electron chi connectivity index (χ1n) is 13.8. The van der Waals surface area contributed by atoms with Gasteiger partial charge in [0.25, 0.3) is 0 Å². The van der Waals surface area contributed by atoms with Gasteiger partial charge in [-0.2, -0.15) is 0 Å².